The first kappa shape index (κ1) is 19.8. The Balaban J connectivity index is 1.45. The Morgan fingerprint density at radius 2 is 1.68 bits per heavy atom. The van der Waals surface area contributed by atoms with Crippen molar-refractivity contribution in [2.75, 3.05) is 19.7 Å². The van der Waals surface area contributed by atoms with Crippen LogP contribution in [0, 0.1) is 0 Å². The lowest BCUT2D eigenvalue weighted by atomic mass is 10.0. The molecule has 1 saturated heterocycles. The van der Waals surface area contributed by atoms with Crippen LogP contribution in [0.4, 0.5) is 0 Å². The number of benzene rings is 2. The van der Waals surface area contributed by atoms with E-state index in [4.69, 9.17) is 16.3 Å². The standard InChI is InChI=1S/C20H21ClN2O5/c21-14-1-3-18(4-2-14)28-12-19(26)22-15-5-7-23(8-6-15)20(27)13-9-16(24)11-17(25)10-13/h1-4,9-11,15,24-25H,5-8,12H2,(H,22,26). The first-order valence-corrected chi connectivity index (χ1v) is 9.28. The fourth-order valence-corrected chi connectivity index (χ4v) is 3.20. The number of hydrogen-bond acceptors (Lipinski definition) is 5. The smallest absolute Gasteiger partial charge is 0.258 e. The molecule has 1 fully saturated rings. The van der Waals surface area contributed by atoms with Crippen LogP contribution in [0.25, 0.3) is 0 Å². The van der Waals surface area contributed by atoms with Gasteiger partial charge in [0.1, 0.15) is 17.2 Å². The van der Waals surface area contributed by atoms with E-state index in [-0.39, 0.29) is 41.5 Å². The fraction of sp³-hybridized carbons (Fsp3) is 0.300. The molecule has 3 rings (SSSR count). The molecule has 0 aliphatic carbocycles. The molecule has 1 aliphatic rings. The molecule has 0 bridgehead atoms. The third kappa shape index (κ3) is 5.29. The summed E-state index contributed by atoms with van der Waals surface area (Å²) in [6.45, 7) is 0.847. The SMILES string of the molecule is O=C(COc1ccc(Cl)cc1)NC1CCN(C(=O)c2cc(O)cc(O)c2)CC1. The lowest BCUT2D eigenvalue weighted by molar-refractivity contribution is -0.124. The zero-order valence-corrected chi connectivity index (χ0v) is 15.9. The lowest BCUT2D eigenvalue weighted by Gasteiger charge is -2.32. The summed E-state index contributed by atoms with van der Waals surface area (Å²) in [6.07, 6.45) is 1.23. The maximum absolute atomic E-state index is 12.5. The first-order chi connectivity index (χ1) is 13.4. The van der Waals surface area contributed by atoms with Crippen LogP contribution in [0.2, 0.25) is 5.02 Å². The van der Waals surface area contributed by atoms with Gasteiger partial charge in [0.15, 0.2) is 6.61 Å². The minimum atomic E-state index is -0.262. The maximum Gasteiger partial charge on any atom is 0.258 e. The predicted octanol–water partition coefficient (Wildman–Crippen LogP) is 2.55. The molecule has 2 aromatic carbocycles. The van der Waals surface area contributed by atoms with Gasteiger partial charge in [-0.15, -0.1) is 0 Å². The number of piperidine rings is 1. The highest BCUT2D eigenvalue weighted by Gasteiger charge is 2.25. The maximum atomic E-state index is 12.5. The molecule has 2 amide bonds. The van der Waals surface area contributed by atoms with Crippen LogP contribution in [0.1, 0.15) is 23.2 Å². The Hall–Kier alpha value is -2.93. The van der Waals surface area contributed by atoms with Crippen LogP contribution in [-0.4, -0.2) is 52.7 Å². The van der Waals surface area contributed by atoms with E-state index in [9.17, 15) is 19.8 Å². The van der Waals surface area contributed by atoms with Gasteiger partial charge in [-0.2, -0.15) is 0 Å². The van der Waals surface area contributed by atoms with Gasteiger partial charge >= 0.3 is 0 Å². The second-order valence-electron chi connectivity index (χ2n) is 6.61. The zero-order valence-electron chi connectivity index (χ0n) is 15.1. The minimum Gasteiger partial charge on any atom is -0.508 e. The normalized spacial score (nSPS) is 14.5. The number of hydrogen-bond donors (Lipinski definition) is 3. The highest BCUT2D eigenvalue weighted by molar-refractivity contribution is 6.30. The van der Waals surface area contributed by atoms with Crippen LogP contribution >= 0.6 is 11.6 Å². The lowest BCUT2D eigenvalue weighted by Crippen LogP contribution is -2.47. The van der Waals surface area contributed by atoms with Crippen molar-refractivity contribution in [3.8, 4) is 17.2 Å². The van der Waals surface area contributed by atoms with Crippen molar-refractivity contribution in [1.29, 1.82) is 0 Å². The molecule has 0 unspecified atom stereocenters. The van der Waals surface area contributed by atoms with E-state index in [0.29, 0.717) is 36.7 Å². The average Bonchev–Trinajstić information content (AvgIpc) is 2.67. The van der Waals surface area contributed by atoms with E-state index in [0.717, 1.165) is 0 Å². The number of halogens is 1. The van der Waals surface area contributed by atoms with E-state index in [1.807, 2.05) is 0 Å². The zero-order chi connectivity index (χ0) is 20.1. The van der Waals surface area contributed by atoms with Gasteiger partial charge in [-0.05, 0) is 49.2 Å². The van der Waals surface area contributed by atoms with Crippen LogP contribution in [0.5, 0.6) is 17.2 Å². The second kappa shape index (κ2) is 8.84. The van der Waals surface area contributed by atoms with Crippen molar-refractivity contribution in [1.82, 2.24) is 10.2 Å². The van der Waals surface area contributed by atoms with Gasteiger partial charge in [0.2, 0.25) is 0 Å². The van der Waals surface area contributed by atoms with Gasteiger partial charge in [-0.1, -0.05) is 11.6 Å². The number of carbonyl (C=O) groups is 2. The highest BCUT2D eigenvalue weighted by atomic mass is 35.5. The Labute approximate surface area is 167 Å². The quantitative estimate of drug-likeness (QED) is 0.711. The number of phenolic OH excluding ortho intramolecular Hbond substituents is 2. The summed E-state index contributed by atoms with van der Waals surface area (Å²) < 4.78 is 5.42. The monoisotopic (exact) mass is 404 g/mol. The van der Waals surface area contributed by atoms with Gasteiger partial charge in [-0.3, -0.25) is 9.59 Å². The molecule has 0 aromatic heterocycles. The van der Waals surface area contributed by atoms with Crippen molar-refractivity contribution in [2.24, 2.45) is 0 Å². The van der Waals surface area contributed by atoms with E-state index in [1.54, 1.807) is 29.2 Å². The van der Waals surface area contributed by atoms with Crippen LogP contribution < -0.4 is 10.1 Å². The molecule has 148 valence electrons. The predicted molar refractivity (Wildman–Crippen MR) is 104 cm³/mol. The number of amides is 2. The van der Waals surface area contributed by atoms with Crippen LogP contribution in [0.15, 0.2) is 42.5 Å². The second-order valence-corrected chi connectivity index (χ2v) is 7.05. The number of aromatic hydroxyl groups is 2. The Bertz CT molecular complexity index is 828. The third-order valence-electron chi connectivity index (χ3n) is 4.48. The number of nitrogens with zero attached hydrogens (tertiary/aromatic N) is 1. The summed E-state index contributed by atoms with van der Waals surface area (Å²) in [5, 5.41) is 22.6. The molecule has 3 N–H and O–H groups in total. The first-order valence-electron chi connectivity index (χ1n) is 8.91. The Morgan fingerprint density at radius 1 is 1.07 bits per heavy atom. The number of likely N-dealkylation sites (tertiary alicyclic amines) is 1. The molecular weight excluding hydrogens is 384 g/mol. The van der Waals surface area contributed by atoms with Crippen molar-refractivity contribution in [3.63, 3.8) is 0 Å². The molecule has 0 saturated carbocycles. The third-order valence-corrected chi connectivity index (χ3v) is 4.73. The highest BCUT2D eigenvalue weighted by Crippen LogP contribution is 2.23. The number of carbonyl (C=O) groups excluding carboxylic acids is 2. The summed E-state index contributed by atoms with van der Waals surface area (Å²) in [5.41, 5.74) is 0.233. The average molecular weight is 405 g/mol. The molecule has 1 aliphatic heterocycles. The molecule has 1 heterocycles. The van der Waals surface area contributed by atoms with Gasteiger partial charge in [-0.25, -0.2) is 0 Å². The fourth-order valence-electron chi connectivity index (χ4n) is 3.08. The van der Waals surface area contributed by atoms with Crippen molar-refractivity contribution in [3.05, 3.63) is 53.1 Å². The number of ether oxygens (including phenoxy) is 1. The molecule has 0 atom stereocenters. The summed E-state index contributed by atoms with van der Waals surface area (Å²) in [4.78, 5) is 26.2. The number of rotatable bonds is 5. The number of phenols is 2. The molecule has 28 heavy (non-hydrogen) atoms. The minimum absolute atomic E-state index is 0.0389. The molecule has 7 nitrogen and oxygen atoms in total. The van der Waals surface area contributed by atoms with Crippen LogP contribution in [0.3, 0.4) is 0 Å². The molecule has 0 spiro atoms. The molecule has 8 heteroatoms. The van der Waals surface area contributed by atoms with Gasteiger partial charge in [0, 0.05) is 35.8 Å². The van der Waals surface area contributed by atoms with Crippen molar-refractivity contribution >= 4 is 23.4 Å². The summed E-state index contributed by atoms with van der Waals surface area (Å²) in [5.74, 6) is -0.244. The summed E-state index contributed by atoms with van der Waals surface area (Å²) >= 11 is 5.80. The molecule has 2 aromatic rings. The number of nitrogens with one attached hydrogen (secondary N) is 1. The summed E-state index contributed by atoms with van der Waals surface area (Å²) in [6, 6.07) is 10.5. The van der Waals surface area contributed by atoms with E-state index >= 15 is 0 Å². The van der Waals surface area contributed by atoms with Crippen LogP contribution in [-0.2, 0) is 4.79 Å². The van der Waals surface area contributed by atoms with Gasteiger partial charge in [0.25, 0.3) is 11.8 Å². The Morgan fingerprint density at radius 3 is 2.29 bits per heavy atom. The van der Waals surface area contributed by atoms with Crippen molar-refractivity contribution in [2.45, 2.75) is 18.9 Å². The van der Waals surface area contributed by atoms with E-state index < -0.39 is 0 Å². The largest absolute Gasteiger partial charge is 0.508 e. The molecule has 0 radical (unpaired) electrons. The Kier molecular flexibility index (Phi) is 6.26. The summed E-state index contributed by atoms with van der Waals surface area (Å²) in [7, 11) is 0. The molecular formula is C20H21ClN2O5. The van der Waals surface area contributed by atoms with E-state index in [1.165, 1.54) is 18.2 Å². The van der Waals surface area contributed by atoms with Crippen molar-refractivity contribution < 1.29 is 24.5 Å². The van der Waals surface area contributed by atoms with Gasteiger partial charge < -0.3 is 25.2 Å². The van der Waals surface area contributed by atoms with E-state index in [2.05, 4.69) is 5.32 Å². The topological polar surface area (TPSA) is 99.1 Å². The van der Waals surface area contributed by atoms with Gasteiger partial charge in [0.05, 0.1) is 0 Å².